The fourth-order valence-electron chi connectivity index (χ4n) is 1.55. The van der Waals surface area contributed by atoms with E-state index in [1.54, 1.807) is 7.11 Å². The molecule has 0 amide bonds. The van der Waals surface area contributed by atoms with Crippen molar-refractivity contribution < 1.29 is 40.8 Å². The van der Waals surface area contributed by atoms with Crippen LogP contribution in [0.25, 0.3) is 0 Å². The molecule has 0 bridgehead atoms. The van der Waals surface area contributed by atoms with Crippen molar-refractivity contribution in [3.05, 3.63) is 67.5 Å². The van der Waals surface area contributed by atoms with Crippen LogP contribution < -0.4 is 0 Å². The van der Waals surface area contributed by atoms with Gasteiger partial charge in [-0.3, -0.25) is 0 Å². The van der Waals surface area contributed by atoms with E-state index in [0.717, 1.165) is 12.0 Å². The number of hydrogen-bond donors (Lipinski definition) is 0. The standard InChI is InChI=1S/C14H20O2.3CO.Cr/c1-4-5-8-11-16-14(15-3)13-10-7-6-9-12(13)2;3*1-2;/h4-7,9-10,14H,8,11H2,1-3H3;;;;/b5-4+;;;;/t14-;;;;/m1..../s1. The van der Waals surface area contributed by atoms with Gasteiger partial charge in [0.1, 0.15) is 0 Å². The summed E-state index contributed by atoms with van der Waals surface area (Å²) in [7, 11) is 1.67. The van der Waals surface area contributed by atoms with Crippen LogP contribution in [0.1, 0.15) is 30.8 Å². The predicted molar refractivity (Wildman–Crippen MR) is 78.1 cm³/mol. The first-order valence-corrected chi connectivity index (χ1v) is 6.22. The Morgan fingerprint density at radius 3 is 2.04 bits per heavy atom. The Labute approximate surface area is 149 Å². The molecule has 0 fully saturated rings. The molecule has 0 unspecified atom stereocenters. The Balaban J connectivity index is -0.000000231. The van der Waals surface area contributed by atoms with Crippen molar-refractivity contribution in [1.29, 1.82) is 0 Å². The van der Waals surface area contributed by atoms with E-state index >= 15 is 0 Å². The largest absolute Gasteiger partial charge is 0 e. The summed E-state index contributed by atoms with van der Waals surface area (Å²) in [5, 5.41) is 0. The summed E-state index contributed by atoms with van der Waals surface area (Å²) in [6.07, 6.45) is 4.78. The summed E-state index contributed by atoms with van der Waals surface area (Å²) < 4.78 is 33.5. The van der Waals surface area contributed by atoms with Gasteiger partial charge < -0.3 is 9.47 Å². The molecule has 0 aliphatic heterocycles. The van der Waals surface area contributed by atoms with E-state index in [2.05, 4.69) is 39.0 Å². The minimum absolute atomic E-state index is 0. The SMILES string of the molecule is C/C=C/CCO[C@@H](OC)c1ccccc1C.[C-]#[O+].[C-]#[O+].[C-]#[O+].[Cr]. The summed E-state index contributed by atoms with van der Waals surface area (Å²) in [4.78, 5) is 0. The molecule has 0 heterocycles. The molecule has 5 nitrogen and oxygen atoms in total. The van der Waals surface area contributed by atoms with E-state index in [9.17, 15) is 0 Å². The van der Waals surface area contributed by atoms with Gasteiger partial charge in [0.05, 0.1) is 6.61 Å². The number of benzene rings is 1. The van der Waals surface area contributed by atoms with Crippen LogP contribution in [0.2, 0.25) is 0 Å². The Bertz CT molecular complexity index is 438. The molecule has 124 valence electrons. The maximum Gasteiger partial charge on any atom is 0 e. The second kappa shape index (κ2) is 25.6. The molecule has 0 aromatic heterocycles. The van der Waals surface area contributed by atoms with Crippen molar-refractivity contribution in [3.63, 3.8) is 0 Å². The molecule has 1 aromatic rings. The average molecular weight is 356 g/mol. The van der Waals surface area contributed by atoms with E-state index in [1.807, 2.05) is 31.2 Å². The van der Waals surface area contributed by atoms with Crippen molar-refractivity contribution in [2.75, 3.05) is 13.7 Å². The number of methoxy groups -OCH3 is 1. The van der Waals surface area contributed by atoms with Crippen LogP contribution >= 0.6 is 0 Å². The van der Waals surface area contributed by atoms with Crippen LogP contribution in [0.5, 0.6) is 0 Å². The van der Waals surface area contributed by atoms with Gasteiger partial charge in [-0.25, -0.2) is 0 Å². The third kappa shape index (κ3) is 15.3. The fourth-order valence-corrected chi connectivity index (χ4v) is 1.55. The van der Waals surface area contributed by atoms with Gasteiger partial charge in [0.25, 0.3) is 0 Å². The van der Waals surface area contributed by atoms with Gasteiger partial charge in [-0.05, 0) is 25.8 Å². The molecular formula is C17H20CrO5. The number of ether oxygens (including phenoxy) is 2. The topological polar surface area (TPSA) is 78.2 Å². The first kappa shape index (κ1) is 29.6. The summed E-state index contributed by atoms with van der Waals surface area (Å²) in [6.45, 7) is 18.3. The molecule has 23 heavy (non-hydrogen) atoms. The number of hydrogen-bond acceptors (Lipinski definition) is 2. The molecule has 6 heteroatoms. The van der Waals surface area contributed by atoms with Gasteiger partial charge >= 0.3 is 33.9 Å². The zero-order chi connectivity index (χ0) is 17.8. The molecule has 0 aliphatic rings. The first-order valence-electron chi connectivity index (χ1n) is 6.22. The van der Waals surface area contributed by atoms with Crippen molar-refractivity contribution >= 4 is 0 Å². The number of allylic oxidation sites excluding steroid dienone is 1. The Morgan fingerprint density at radius 1 is 1.09 bits per heavy atom. The third-order valence-electron chi connectivity index (χ3n) is 2.45. The molecule has 0 N–H and O–H groups in total. The quantitative estimate of drug-likeness (QED) is 0.257. The Hall–Kier alpha value is -1.37. The minimum Gasteiger partial charge on any atom is 0 e. The second-order valence-electron chi connectivity index (χ2n) is 3.65. The molecular weight excluding hydrogens is 336 g/mol. The second-order valence-corrected chi connectivity index (χ2v) is 3.65. The van der Waals surface area contributed by atoms with Gasteiger partial charge in [-0.1, -0.05) is 36.4 Å². The normalized spacial score (nSPS) is 9.43. The van der Waals surface area contributed by atoms with Crippen LogP contribution in [-0.2, 0) is 40.8 Å². The Morgan fingerprint density at radius 2 is 1.61 bits per heavy atom. The zero-order valence-electron chi connectivity index (χ0n) is 13.4. The van der Waals surface area contributed by atoms with Gasteiger partial charge in [0, 0.05) is 30.0 Å². The van der Waals surface area contributed by atoms with Gasteiger partial charge in [-0.15, -0.1) is 0 Å². The maximum absolute atomic E-state index is 7.50. The van der Waals surface area contributed by atoms with Crippen LogP contribution in [0.3, 0.4) is 0 Å². The first-order chi connectivity index (χ1) is 10.8. The summed E-state index contributed by atoms with van der Waals surface area (Å²) in [6, 6.07) is 8.13. The molecule has 0 aliphatic carbocycles. The predicted octanol–water partition coefficient (Wildman–Crippen LogP) is 3.51. The summed E-state index contributed by atoms with van der Waals surface area (Å²) in [5.74, 6) is 0. The molecule has 0 saturated heterocycles. The average Bonchev–Trinajstić information content (AvgIpc) is 2.61. The molecule has 0 spiro atoms. The van der Waals surface area contributed by atoms with Gasteiger partial charge in [0.2, 0.25) is 0 Å². The van der Waals surface area contributed by atoms with Gasteiger partial charge in [0.15, 0.2) is 6.29 Å². The number of aryl methyl sites for hydroxylation is 1. The molecule has 1 aromatic carbocycles. The Kier molecular flexibility index (Phi) is 32.9. The van der Waals surface area contributed by atoms with Crippen LogP contribution in [0.4, 0.5) is 0 Å². The van der Waals surface area contributed by atoms with Crippen molar-refractivity contribution in [2.45, 2.75) is 26.6 Å². The number of rotatable bonds is 6. The van der Waals surface area contributed by atoms with Crippen LogP contribution in [-0.4, -0.2) is 13.7 Å². The van der Waals surface area contributed by atoms with E-state index < -0.39 is 0 Å². The maximum atomic E-state index is 7.50. The van der Waals surface area contributed by atoms with E-state index in [4.69, 9.17) is 23.4 Å². The van der Waals surface area contributed by atoms with Crippen molar-refractivity contribution in [1.82, 2.24) is 0 Å². The van der Waals surface area contributed by atoms with E-state index in [1.165, 1.54) is 5.56 Å². The van der Waals surface area contributed by atoms with Crippen molar-refractivity contribution in [2.24, 2.45) is 0 Å². The monoisotopic (exact) mass is 356 g/mol. The third-order valence-corrected chi connectivity index (χ3v) is 2.45. The zero-order valence-corrected chi connectivity index (χ0v) is 14.7. The van der Waals surface area contributed by atoms with Crippen LogP contribution in [0.15, 0.2) is 36.4 Å². The fraction of sp³-hybridized carbons (Fsp3) is 0.353. The summed E-state index contributed by atoms with van der Waals surface area (Å²) in [5.41, 5.74) is 2.30. The molecule has 0 saturated carbocycles. The van der Waals surface area contributed by atoms with Gasteiger partial charge in [-0.2, -0.15) is 0 Å². The molecule has 1 atom stereocenters. The van der Waals surface area contributed by atoms with Crippen molar-refractivity contribution in [3.8, 4) is 0 Å². The van der Waals surface area contributed by atoms with E-state index in [-0.39, 0.29) is 23.7 Å². The summed E-state index contributed by atoms with van der Waals surface area (Å²) >= 11 is 0. The minimum atomic E-state index is -0.258. The smallest absolute Gasteiger partial charge is 0 e. The van der Waals surface area contributed by atoms with E-state index in [0.29, 0.717) is 6.61 Å². The molecule has 0 radical (unpaired) electrons. The molecule has 1 rings (SSSR count). The van der Waals surface area contributed by atoms with Crippen LogP contribution in [0, 0.1) is 26.9 Å².